The third kappa shape index (κ3) is 4.08. The Kier molecular flexibility index (Phi) is 5.69. The highest BCUT2D eigenvalue weighted by atomic mass is 16.2. The number of hydrogen-bond donors (Lipinski definition) is 1. The largest absolute Gasteiger partial charge is 0.320 e. The molecule has 0 atom stereocenters. The third-order valence-corrected chi connectivity index (χ3v) is 4.70. The van der Waals surface area contributed by atoms with E-state index in [0.29, 0.717) is 17.3 Å². The Labute approximate surface area is 159 Å². The van der Waals surface area contributed by atoms with Crippen LogP contribution in [0.25, 0.3) is 10.8 Å². The van der Waals surface area contributed by atoms with Crippen molar-refractivity contribution in [2.24, 2.45) is 0 Å². The molecule has 27 heavy (non-hydrogen) atoms. The van der Waals surface area contributed by atoms with Gasteiger partial charge in [0.2, 0.25) is 0 Å². The van der Waals surface area contributed by atoms with Crippen LogP contribution in [0.15, 0.2) is 47.3 Å². The SMILES string of the molecule is CCCCCn1nc(C(=O)Nc2cc(C)ccc2C)c2ccccc2c1=O. The smallest absolute Gasteiger partial charge is 0.276 e. The predicted octanol–water partition coefficient (Wildman–Crippen LogP) is 4.46. The summed E-state index contributed by atoms with van der Waals surface area (Å²) in [7, 11) is 0. The number of nitrogens with zero attached hydrogens (tertiary/aromatic N) is 2. The summed E-state index contributed by atoms with van der Waals surface area (Å²) in [5.41, 5.74) is 2.94. The zero-order valence-corrected chi connectivity index (χ0v) is 16.1. The first-order valence-electron chi connectivity index (χ1n) is 9.39. The predicted molar refractivity (Wildman–Crippen MR) is 109 cm³/mol. The van der Waals surface area contributed by atoms with Gasteiger partial charge in [-0.2, -0.15) is 5.10 Å². The standard InChI is InChI=1S/C22H25N3O2/c1-4-5-8-13-25-22(27)18-10-7-6-9-17(18)20(24-25)21(26)23-19-14-15(2)11-12-16(19)3/h6-7,9-12,14H,4-5,8,13H2,1-3H3,(H,23,26). The number of amides is 1. The van der Waals surface area contributed by atoms with E-state index >= 15 is 0 Å². The van der Waals surface area contributed by atoms with Crippen LogP contribution < -0.4 is 10.9 Å². The number of benzene rings is 2. The molecule has 0 fully saturated rings. The minimum atomic E-state index is -0.302. The lowest BCUT2D eigenvalue weighted by molar-refractivity contribution is 0.102. The van der Waals surface area contributed by atoms with E-state index < -0.39 is 0 Å². The van der Waals surface area contributed by atoms with Crippen molar-refractivity contribution in [1.82, 2.24) is 9.78 Å². The molecule has 0 aliphatic carbocycles. The van der Waals surface area contributed by atoms with Crippen LogP contribution in [0.3, 0.4) is 0 Å². The Morgan fingerprint density at radius 3 is 2.56 bits per heavy atom. The molecule has 1 N–H and O–H groups in total. The summed E-state index contributed by atoms with van der Waals surface area (Å²) < 4.78 is 1.43. The highest BCUT2D eigenvalue weighted by molar-refractivity contribution is 6.11. The molecule has 0 unspecified atom stereocenters. The number of carbonyl (C=O) groups is 1. The molecule has 1 amide bonds. The van der Waals surface area contributed by atoms with Crippen molar-refractivity contribution in [3.05, 3.63) is 69.6 Å². The number of carbonyl (C=O) groups excluding carboxylic acids is 1. The zero-order chi connectivity index (χ0) is 19.4. The average Bonchev–Trinajstić information content (AvgIpc) is 2.66. The number of hydrogen-bond acceptors (Lipinski definition) is 3. The Morgan fingerprint density at radius 1 is 1.07 bits per heavy atom. The monoisotopic (exact) mass is 363 g/mol. The molecule has 1 aromatic heterocycles. The molecule has 5 nitrogen and oxygen atoms in total. The second kappa shape index (κ2) is 8.16. The van der Waals surface area contributed by atoms with Crippen LogP contribution in [0.1, 0.15) is 47.8 Å². The summed E-state index contributed by atoms with van der Waals surface area (Å²) in [6.45, 7) is 6.56. The number of unbranched alkanes of at least 4 members (excludes halogenated alkanes) is 2. The van der Waals surface area contributed by atoms with Crippen LogP contribution in [0.5, 0.6) is 0 Å². The van der Waals surface area contributed by atoms with Crippen molar-refractivity contribution >= 4 is 22.4 Å². The van der Waals surface area contributed by atoms with Crippen LogP contribution in [0.4, 0.5) is 5.69 Å². The molecule has 3 rings (SSSR count). The molecule has 3 aromatic rings. The Morgan fingerprint density at radius 2 is 1.81 bits per heavy atom. The Hall–Kier alpha value is -2.95. The van der Waals surface area contributed by atoms with Gasteiger partial charge in [-0.15, -0.1) is 0 Å². The molecule has 0 saturated heterocycles. The van der Waals surface area contributed by atoms with Gasteiger partial charge in [-0.25, -0.2) is 4.68 Å². The van der Waals surface area contributed by atoms with E-state index in [1.807, 2.05) is 44.2 Å². The molecule has 0 bridgehead atoms. The fourth-order valence-electron chi connectivity index (χ4n) is 3.12. The molecule has 5 heteroatoms. The minimum Gasteiger partial charge on any atom is -0.320 e. The molecular weight excluding hydrogens is 338 g/mol. The highest BCUT2D eigenvalue weighted by Crippen LogP contribution is 2.19. The normalized spacial score (nSPS) is 10.9. The fraction of sp³-hybridized carbons (Fsp3) is 0.318. The summed E-state index contributed by atoms with van der Waals surface area (Å²) in [6, 6.07) is 13.1. The summed E-state index contributed by atoms with van der Waals surface area (Å²) in [5, 5.41) is 8.47. The summed E-state index contributed by atoms with van der Waals surface area (Å²) >= 11 is 0. The maximum absolute atomic E-state index is 13.0. The lowest BCUT2D eigenvalue weighted by Gasteiger charge is -2.13. The van der Waals surface area contributed by atoms with Gasteiger partial charge in [0, 0.05) is 17.6 Å². The summed E-state index contributed by atoms with van der Waals surface area (Å²) in [6.07, 6.45) is 2.94. The first-order valence-corrected chi connectivity index (χ1v) is 9.39. The molecule has 0 spiro atoms. The van der Waals surface area contributed by atoms with Gasteiger partial charge in [0.15, 0.2) is 5.69 Å². The number of nitrogens with one attached hydrogen (secondary N) is 1. The molecule has 0 saturated carbocycles. The lowest BCUT2D eigenvalue weighted by Crippen LogP contribution is -2.28. The number of rotatable bonds is 6. The van der Waals surface area contributed by atoms with E-state index in [4.69, 9.17) is 0 Å². The van der Waals surface area contributed by atoms with Crippen molar-refractivity contribution in [3.8, 4) is 0 Å². The van der Waals surface area contributed by atoms with E-state index in [1.54, 1.807) is 12.1 Å². The molecular formula is C22H25N3O2. The quantitative estimate of drug-likeness (QED) is 0.658. The maximum Gasteiger partial charge on any atom is 0.276 e. The van der Waals surface area contributed by atoms with Crippen LogP contribution in [-0.4, -0.2) is 15.7 Å². The van der Waals surface area contributed by atoms with Gasteiger partial charge in [0.05, 0.1) is 5.39 Å². The average molecular weight is 363 g/mol. The Balaban J connectivity index is 2.03. The molecule has 2 aromatic carbocycles. The van der Waals surface area contributed by atoms with E-state index in [1.165, 1.54) is 4.68 Å². The van der Waals surface area contributed by atoms with Crippen LogP contribution in [-0.2, 0) is 6.54 Å². The van der Waals surface area contributed by atoms with Crippen molar-refractivity contribution < 1.29 is 4.79 Å². The molecule has 1 heterocycles. The first kappa shape index (κ1) is 18.8. The van der Waals surface area contributed by atoms with Gasteiger partial charge < -0.3 is 5.32 Å². The van der Waals surface area contributed by atoms with Crippen LogP contribution in [0, 0.1) is 13.8 Å². The van der Waals surface area contributed by atoms with E-state index in [-0.39, 0.29) is 17.2 Å². The summed E-state index contributed by atoms with van der Waals surface area (Å²) in [4.78, 5) is 25.7. The summed E-state index contributed by atoms with van der Waals surface area (Å²) in [5.74, 6) is -0.302. The van der Waals surface area contributed by atoms with Crippen molar-refractivity contribution in [2.45, 2.75) is 46.6 Å². The topological polar surface area (TPSA) is 64.0 Å². The zero-order valence-electron chi connectivity index (χ0n) is 16.1. The van der Waals surface area contributed by atoms with Crippen LogP contribution >= 0.6 is 0 Å². The molecule has 0 radical (unpaired) electrons. The lowest BCUT2D eigenvalue weighted by atomic mass is 10.1. The van der Waals surface area contributed by atoms with E-state index in [0.717, 1.165) is 36.1 Å². The minimum absolute atomic E-state index is 0.148. The second-order valence-electron chi connectivity index (χ2n) is 6.90. The van der Waals surface area contributed by atoms with Crippen LogP contribution in [0.2, 0.25) is 0 Å². The Bertz CT molecular complexity index is 1040. The first-order chi connectivity index (χ1) is 13.0. The van der Waals surface area contributed by atoms with Gasteiger partial charge in [-0.1, -0.05) is 50.1 Å². The third-order valence-electron chi connectivity index (χ3n) is 4.70. The fourth-order valence-corrected chi connectivity index (χ4v) is 3.12. The van der Waals surface area contributed by atoms with Gasteiger partial charge in [0.25, 0.3) is 11.5 Å². The van der Waals surface area contributed by atoms with Crippen molar-refractivity contribution in [1.29, 1.82) is 0 Å². The number of aromatic nitrogens is 2. The van der Waals surface area contributed by atoms with E-state index in [9.17, 15) is 9.59 Å². The second-order valence-corrected chi connectivity index (χ2v) is 6.90. The number of fused-ring (bicyclic) bond motifs is 1. The molecule has 0 aliphatic heterocycles. The van der Waals surface area contributed by atoms with E-state index in [2.05, 4.69) is 17.3 Å². The van der Waals surface area contributed by atoms with Crippen molar-refractivity contribution in [3.63, 3.8) is 0 Å². The number of aryl methyl sites for hydroxylation is 3. The number of anilines is 1. The van der Waals surface area contributed by atoms with Crippen molar-refractivity contribution in [2.75, 3.05) is 5.32 Å². The van der Waals surface area contributed by atoms with Gasteiger partial charge >= 0.3 is 0 Å². The molecule has 140 valence electrons. The van der Waals surface area contributed by atoms with Gasteiger partial charge in [-0.3, -0.25) is 9.59 Å². The molecule has 0 aliphatic rings. The maximum atomic E-state index is 13.0. The van der Waals surface area contributed by atoms with Gasteiger partial charge in [0.1, 0.15) is 0 Å². The van der Waals surface area contributed by atoms with Gasteiger partial charge in [-0.05, 0) is 43.5 Å². The highest BCUT2D eigenvalue weighted by Gasteiger charge is 2.17.